The molecule has 0 aliphatic carbocycles. The number of hydrogen-bond acceptors (Lipinski definition) is 3. The third-order valence-corrected chi connectivity index (χ3v) is 4.24. The molecule has 0 saturated carbocycles. The molecule has 6 heteroatoms. The maximum absolute atomic E-state index is 6.00. The number of rotatable bonds is 3. The minimum atomic E-state index is 0.365. The Morgan fingerprint density at radius 1 is 1.17 bits per heavy atom. The van der Waals surface area contributed by atoms with Crippen LogP contribution in [0.3, 0.4) is 0 Å². The molecular weight excluding hydrogens is 370 g/mol. The summed E-state index contributed by atoms with van der Waals surface area (Å²) in [7, 11) is 0. The van der Waals surface area contributed by atoms with Crippen molar-refractivity contribution in [1.29, 1.82) is 0 Å². The van der Waals surface area contributed by atoms with E-state index in [0.29, 0.717) is 25.7 Å². The van der Waals surface area contributed by atoms with Gasteiger partial charge >= 0.3 is 0 Å². The molecule has 0 atom stereocenters. The van der Waals surface area contributed by atoms with Crippen molar-refractivity contribution in [2.24, 2.45) is 10.7 Å². The van der Waals surface area contributed by atoms with Crippen LogP contribution in [0, 0.1) is 6.92 Å². The highest BCUT2D eigenvalue weighted by molar-refractivity contribution is 9.10. The van der Waals surface area contributed by atoms with Crippen molar-refractivity contribution in [2.75, 3.05) is 18.5 Å². The Hall–Kier alpha value is -2.21. The van der Waals surface area contributed by atoms with Gasteiger partial charge in [0.05, 0.1) is 19.8 Å². The summed E-state index contributed by atoms with van der Waals surface area (Å²) < 4.78 is 12.3. The first-order valence-corrected chi connectivity index (χ1v) is 8.63. The number of hydrogen-bond donors (Lipinski definition) is 2. The Labute approximate surface area is 150 Å². The Bertz CT molecular complexity index is 762. The summed E-state index contributed by atoms with van der Waals surface area (Å²) in [4.78, 5) is 4.41. The smallest absolute Gasteiger partial charge is 0.193 e. The lowest BCUT2D eigenvalue weighted by molar-refractivity contribution is 0.297. The van der Waals surface area contributed by atoms with E-state index in [1.807, 2.05) is 24.3 Å². The third kappa shape index (κ3) is 4.20. The fourth-order valence-corrected chi connectivity index (χ4v) is 2.82. The van der Waals surface area contributed by atoms with E-state index in [1.165, 1.54) is 5.56 Å². The van der Waals surface area contributed by atoms with Crippen LogP contribution in [0.5, 0.6) is 11.5 Å². The number of nitrogens with one attached hydrogen (secondary N) is 1. The summed E-state index contributed by atoms with van der Waals surface area (Å²) in [5.74, 6) is 1.86. The molecule has 1 aliphatic heterocycles. The van der Waals surface area contributed by atoms with Crippen LogP contribution in [0.4, 0.5) is 5.69 Å². The SMILES string of the molecule is Cc1ccc(Br)cc1CN=C(N)Nc1ccc2c(c1)OCCCO2. The average Bonchev–Trinajstić information content (AvgIpc) is 2.80. The maximum atomic E-state index is 6.00. The monoisotopic (exact) mass is 389 g/mol. The number of halogens is 1. The molecule has 0 aromatic heterocycles. The molecule has 0 saturated heterocycles. The lowest BCUT2D eigenvalue weighted by Gasteiger charge is -2.11. The number of nitrogens with zero attached hydrogens (tertiary/aromatic N) is 1. The van der Waals surface area contributed by atoms with E-state index in [4.69, 9.17) is 15.2 Å². The van der Waals surface area contributed by atoms with Gasteiger partial charge in [-0.3, -0.25) is 0 Å². The number of guanidine groups is 1. The molecule has 0 radical (unpaired) electrons. The molecule has 2 aromatic rings. The molecule has 0 bridgehead atoms. The minimum Gasteiger partial charge on any atom is -0.490 e. The minimum absolute atomic E-state index is 0.365. The van der Waals surface area contributed by atoms with Crippen molar-refractivity contribution in [3.63, 3.8) is 0 Å². The van der Waals surface area contributed by atoms with Gasteiger partial charge in [-0.25, -0.2) is 4.99 Å². The normalized spacial score (nSPS) is 14.2. The molecular formula is C18H20BrN3O2. The second-order valence-electron chi connectivity index (χ2n) is 5.61. The van der Waals surface area contributed by atoms with Crippen molar-refractivity contribution < 1.29 is 9.47 Å². The molecule has 0 spiro atoms. The van der Waals surface area contributed by atoms with E-state index in [9.17, 15) is 0 Å². The second kappa shape index (κ2) is 7.57. The van der Waals surface area contributed by atoms with Gasteiger partial charge < -0.3 is 20.5 Å². The largest absolute Gasteiger partial charge is 0.490 e. The molecule has 1 heterocycles. The summed E-state index contributed by atoms with van der Waals surface area (Å²) in [5, 5.41) is 3.10. The molecule has 0 unspecified atom stereocenters. The van der Waals surface area contributed by atoms with Crippen LogP contribution in [0.25, 0.3) is 0 Å². The van der Waals surface area contributed by atoms with Crippen LogP contribution in [-0.2, 0) is 6.54 Å². The van der Waals surface area contributed by atoms with E-state index >= 15 is 0 Å². The summed E-state index contributed by atoms with van der Waals surface area (Å²) in [6, 6.07) is 11.8. The van der Waals surface area contributed by atoms with Gasteiger partial charge in [-0.2, -0.15) is 0 Å². The van der Waals surface area contributed by atoms with E-state index < -0.39 is 0 Å². The topological polar surface area (TPSA) is 68.9 Å². The fourth-order valence-electron chi connectivity index (χ4n) is 2.41. The number of aliphatic imine (C=N–C) groups is 1. The van der Waals surface area contributed by atoms with Gasteiger partial charge in [-0.15, -0.1) is 0 Å². The number of ether oxygens (including phenoxy) is 2. The average molecular weight is 390 g/mol. The molecule has 24 heavy (non-hydrogen) atoms. The molecule has 2 aromatic carbocycles. The van der Waals surface area contributed by atoms with Crippen molar-refractivity contribution in [3.05, 3.63) is 52.0 Å². The van der Waals surface area contributed by atoms with Gasteiger partial charge in [0.2, 0.25) is 0 Å². The standard InChI is InChI=1S/C18H20BrN3O2/c1-12-3-4-14(19)9-13(12)11-21-18(20)22-15-5-6-16-17(10-15)24-8-2-7-23-16/h3-6,9-10H,2,7-8,11H2,1H3,(H3,20,21,22). The summed E-state index contributed by atoms with van der Waals surface area (Å²) in [6.07, 6.45) is 0.882. The molecule has 0 amide bonds. The van der Waals surface area contributed by atoms with Crippen LogP contribution >= 0.6 is 15.9 Å². The van der Waals surface area contributed by atoms with Crippen molar-refractivity contribution in [3.8, 4) is 11.5 Å². The zero-order chi connectivity index (χ0) is 16.9. The Morgan fingerprint density at radius 3 is 2.79 bits per heavy atom. The zero-order valence-corrected chi connectivity index (χ0v) is 15.1. The number of anilines is 1. The number of nitrogens with two attached hydrogens (primary N) is 1. The summed E-state index contributed by atoms with van der Waals surface area (Å²) >= 11 is 3.48. The first-order chi connectivity index (χ1) is 11.6. The highest BCUT2D eigenvalue weighted by Gasteiger charge is 2.10. The van der Waals surface area contributed by atoms with E-state index in [0.717, 1.165) is 33.6 Å². The predicted molar refractivity (Wildman–Crippen MR) is 99.9 cm³/mol. The Morgan fingerprint density at radius 2 is 1.96 bits per heavy atom. The van der Waals surface area contributed by atoms with Crippen LogP contribution in [-0.4, -0.2) is 19.2 Å². The Balaban J connectivity index is 1.69. The summed E-state index contributed by atoms with van der Waals surface area (Å²) in [6.45, 7) is 3.91. The second-order valence-corrected chi connectivity index (χ2v) is 6.52. The quantitative estimate of drug-likeness (QED) is 0.617. The third-order valence-electron chi connectivity index (χ3n) is 3.75. The lowest BCUT2D eigenvalue weighted by Crippen LogP contribution is -2.22. The van der Waals surface area contributed by atoms with Gasteiger partial charge in [-0.05, 0) is 42.3 Å². The highest BCUT2D eigenvalue weighted by Crippen LogP contribution is 2.32. The van der Waals surface area contributed by atoms with Crippen LogP contribution < -0.4 is 20.5 Å². The van der Waals surface area contributed by atoms with Crippen molar-refractivity contribution >= 4 is 27.6 Å². The predicted octanol–water partition coefficient (Wildman–Crippen LogP) is 3.85. The summed E-state index contributed by atoms with van der Waals surface area (Å²) in [5.41, 5.74) is 9.15. The molecule has 126 valence electrons. The highest BCUT2D eigenvalue weighted by atomic mass is 79.9. The van der Waals surface area contributed by atoms with Gasteiger partial charge in [0, 0.05) is 22.6 Å². The molecule has 5 nitrogen and oxygen atoms in total. The maximum Gasteiger partial charge on any atom is 0.193 e. The molecule has 3 rings (SSSR count). The fraction of sp³-hybridized carbons (Fsp3) is 0.278. The first-order valence-electron chi connectivity index (χ1n) is 7.83. The van der Waals surface area contributed by atoms with E-state index in [2.05, 4.69) is 45.3 Å². The van der Waals surface area contributed by atoms with Crippen molar-refractivity contribution in [2.45, 2.75) is 19.9 Å². The van der Waals surface area contributed by atoms with Crippen LogP contribution in [0.1, 0.15) is 17.5 Å². The number of benzene rings is 2. The van der Waals surface area contributed by atoms with E-state index in [1.54, 1.807) is 0 Å². The molecule has 0 fully saturated rings. The molecule has 1 aliphatic rings. The van der Waals surface area contributed by atoms with Crippen LogP contribution in [0.2, 0.25) is 0 Å². The van der Waals surface area contributed by atoms with E-state index in [-0.39, 0.29) is 0 Å². The van der Waals surface area contributed by atoms with Gasteiger partial charge in [0.25, 0.3) is 0 Å². The van der Waals surface area contributed by atoms with Crippen LogP contribution in [0.15, 0.2) is 45.9 Å². The zero-order valence-electron chi connectivity index (χ0n) is 13.5. The first kappa shape index (κ1) is 16.6. The Kier molecular flexibility index (Phi) is 5.25. The molecule has 3 N–H and O–H groups in total. The van der Waals surface area contributed by atoms with Gasteiger partial charge in [0.15, 0.2) is 17.5 Å². The number of aryl methyl sites for hydroxylation is 1. The lowest BCUT2D eigenvalue weighted by atomic mass is 10.1. The van der Waals surface area contributed by atoms with Gasteiger partial charge in [-0.1, -0.05) is 22.0 Å². The van der Waals surface area contributed by atoms with Crippen molar-refractivity contribution in [1.82, 2.24) is 0 Å². The number of fused-ring (bicyclic) bond motifs is 1. The van der Waals surface area contributed by atoms with Gasteiger partial charge in [0.1, 0.15) is 0 Å².